The van der Waals surface area contributed by atoms with E-state index in [4.69, 9.17) is 0 Å². The quantitative estimate of drug-likeness (QED) is 0.925. The van der Waals surface area contributed by atoms with Crippen LogP contribution < -0.4 is 5.32 Å². The highest BCUT2D eigenvalue weighted by molar-refractivity contribution is 9.10. The summed E-state index contributed by atoms with van der Waals surface area (Å²) < 4.78 is 0.855. The van der Waals surface area contributed by atoms with Gasteiger partial charge in [-0.15, -0.1) is 0 Å². The smallest absolute Gasteiger partial charge is 0.258 e. The van der Waals surface area contributed by atoms with Crippen molar-refractivity contribution in [3.8, 4) is 0 Å². The minimum absolute atomic E-state index is 0.240. The van der Waals surface area contributed by atoms with Crippen molar-refractivity contribution in [2.75, 3.05) is 5.32 Å². The third kappa shape index (κ3) is 2.89. The van der Waals surface area contributed by atoms with Gasteiger partial charge in [-0.1, -0.05) is 15.9 Å². The Kier molecular flexibility index (Phi) is 3.66. The van der Waals surface area contributed by atoms with Gasteiger partial charge >= 0.3 is 0 Å². The SMILES string of the molecule is Cc1cc(C(=O)Nc2cc(Br)ccn2)c(C)nn1. The largest absolute Gasteiger partial charge is 0.306 e. The van der Waals surface area contributed by atoms with Gasteiger partial charge in [0.1, 0.15) is 5.82 Å². The molecule has 0 bridgehead atoms. The molecule has 6 heteroatoms. The van der Waals surface area contributed by atoms with Crippen molar-refractivity contribution in [1.29, 1.82) is 0 Å². The maximum Gasteiger partial charge on any atom is 0.258 e. The molecule has 0 aliphatic carbocycles. The van der Waals surface area contributed by atoms with Crippen molar-refractivity contribution in [2.24, 2.45) is 0 Å². The van der Waals surface area contributed by atoms with Gasteiger partial charge in [-0.05, 0) is 32.0 Å². The molecule has 1 N–H and O–H groups in total. The zero-order valence-electron chi connectivity index (χ0n) is 9.94. The second-order valence-electron chi connectivity index (χ2n) is 3.80. The third-order valence-electron chi connectivity index (χ3n) is 2.31. The Morgan fingerprint density at radius 3 is 2.78 bits per heavy atom. The van der Waals surface area contributed by atoms with Gasteiger partial charge in [0.05, 0.1) is 17.0 Å². The average molecular weight is 307 g/mol. The molecule has 0 radical (unpaired) electrons. The lowest BCUT2D eigenvalue weighted by molar-refractivity contribution is 0.102. The number of hydrogen-bond acceptors (Lipinski definition) is 4. The highest BCUT2D eigenvalue weighted by Gasteiger charge is 2.11. The van der Waals surface area contributed by atoms with Crippen LogP contribution in [0.2, 0.25) is 0 Å². The first-order valence-corrected chi connectivity index (χ1v) is 6.09. The van der Waals surface area contributed by atoms with Crippen LogP contribution in [0.4, 0.5) is 5.82 Å². The van der Waals surface area contributed by atoms with Crippen molar-refractivity contribution < 1.29 is 4.79 Å². The van der Waals surface area contributed by atoms with Crippen LogP contribution in [0.25, 0.3) is 0 Å². The van der Waals surface area contributed by atoms with E-state index >= 15 is 0 Å². The fourth-order valence-electron chi connectivity index (χ4n) is 1.44. The number of carbonyl (C=O) groups excluding carboxylic acids is 1. The van der Waals surface area contributed by atoms with Crippen LogP contribution in [0.3, 0.4) is 0 Å². The lowest BCUT2D eigenvalue weighted by Crippen LogP contribution is -2.15. The predicted octanol–water partition coefficient (Wildman–Crippen LogP) is 2.50. The minimum atomic E-state index is -0.240. The number of hydrogen-bond donors (Lipinski definition) is 1. The van der Waals surface area contributed by atoms with E-state index in [9.17, 15) is 4.79 Å². The van der Waals surface area contributed by atoms with Crippen LogP contribution in [0.15, 0.2) is 28.9 Å². The van der Waals surface area contributed by atoms with Gasteiger partial charge in [0.2, 0.25) is 0 Å². The fourth-order valence-corrected chi connectivity index (χ4v) is 1.77. The van der Waals surface area contributed by atoms with Crippen LogP contribution in [-0.2, 0) is 0 Å². The Hall–Kier alpha value is -1.82. The molecule has 2 aromatic rings. The van der Waals surface area contributed by atoms with Crippen molar-refractivity contribution in [2.45, 2.75) is 13.8 Å². The van der Waals surface area contributed by atoms with Crippen LogP contribution in [0.5, 0.6) is 0 Å². The second kappa shape index (κ2) is 5.22. The van der Waals surface area contributed by atoms with Crippen molar-refractivity contribution in [3.63, 3.8) is 0 Å². The van der Waals surface area contributed by atoms with Crippen molar-refractivity contribution in [1.82, 2.24) is 15.2 Å². The van der Waals surface area contributed by atoms with E-state index in [0.29, 0.717) is 22.8 Å². The molecule has 0 atom stereocenters. The Balaban J connectivity index is 2.24. The summed E-state index contributed by atoms with van der Waals surface area (Å²) in [6.07, 6.45) is 1.61. The molecule has 2 rings (SSSR count). The molecule has 0 saturated carbocycles. The molecule has 0 aromatic carbocycles. The van der Waals surface area contributed by atoms with Gasteiger partial charge < -0.3 is 5.32 Å². The van der Waals surface area contributed by atoms with E-state index in [1.807, 2.05) is 0 Å². The second-order valence-corrected chi connectivity index (χ2v) is 4.71. The summed E-state index contributed by atoms with van der Waals surface area (Å²) in [7, 11) is 0. The summed E-state index contributed by atoms with van der Waals surface area (Å²) in [4.78, 5) is 16.1. The predicted molar refractivity (Wildman–Crippen MR) is 71.4 cm³/mol. The van der Waals surface area contributed by atoms with Gasteiger partial charge in [0, 0.05) is 10.7 Å². The monoisotopic (exact) mass is 306 g/mol. The fraction of sp³-hybridized carbons (Fsp3) is 0.167. The van der Waals surface area contributed by atoms with E-state index < -0.39 is 0 Å². The number of amides is 1. The summed E-state index contributed by atoms with van der Waals surface area (Å²) in [6, 6.07) is 5.23. The summed E-state index contributed by atoms with van der Waals surface area (Å²) in [5.41, 5.74) is 1.80. The number of nitrogens with zero attached hydrogens (tertiary/aromatic N) is 3. The highest BCUT2D eigenvalue weighted by atomic mass is 79.9. The van der Waals surface area contributed by atoms with E-state index in [0.717, 1.165) is 4.47 Å². The lowest BCUT2D eigenvalue weighted by atomic mass is 10.2. The molecule has 18 heavy (non-hydrogen) atoms. The number of pyridine rings is 1. The van der Waals surface area contributed by atoms with E-state index in [1.54, 1.807) is 38.2 Å². The molecule has 2 aromatic heterocycles. The first-order chi connectivity index (χ1) is 8.56. The van der Waals surface area contributed by atoms with E-state index in [2.05, 4.69) is 36.4 Å². The Morgan fingerprint density at radius 1 is 1.28 bits per heavy atom. The number of rotatable bonds is 2. The molecule has 0 unspecified atom stereocenters. The van der Waals surface area contributed by atoms with Crippen molar-refractivity contribution in [3.05, 3.63) is 45.8 Å². The zero-order valence-corrected chi connectivity index (χ0v) is 11.5. The molecule has 5 nitrogen and oxygen atoms in total. The van der Waals surface area contributed by atoms with Gasteiger partial charge in [0.25, 0.3) is 5.91 Å². The molecule has 2 heterocycles. The number of nitrogens with one attached hydrogen (secondary N) is 1. The molecule has 0 saturated heterocycles. The zero-order chi connectivity index (χ0) is 13.1. The molecule has 1 amide bonds. The van der Waals surface area contributed by atoms with Crippen LogP contribution in [-0.4, -0.2) is 21.1 Å². The molecular weight excluding hydrogens is 296 g/mol. The normalized spacial score (nSPS) is 10.2. The summed E-state index contributed by atoms with van der Waals surface area (Å²) in [5.74, 6) is 0.249. The van der Waals surface area contributed by atoms with Crippen LogP contribution >= 0.6 is 15.9 Å². The number of halogens is 1. The molecule has 0 fully saturated rings. The molecular formula is C12H11BrN4O. The summed E-state index contributed by atoms with van der Waals surface area (Å²) >= 11 is 3.32. The van der Waals surface area contributed by atoms with Gasteiger partial charge in [-0.25, -0.2) is 4.98 Å². The number of carbonyl (C=O) groups is 1. The third-order valence-corrected chi connectivity index (χ3v) is 2.80. The van der Waals surface area contributed by atoms with Crippen LogP contribution in [0, 0.1) is 13.8 Å². The van der Waals surface area contributed by atoms with Gasteiger partial charge in [-0.3, -0.25) is 4.79 Å². The summed E-state index contributed by atoms with van der Waals surface area (Å²) in [5, 5.41) is 10.5. The number of anilines is 1. The minimum Gasteiger partial charge on any atom is -0.306 e. The van der Waals surface area contributed by atoms with E-state index in [1.165, 1.54) is 0 Å². The Bertz CT molecular complexity index is 600. The van der Waals surface area contributed by atoms with Crippen molar-refractivity contribution >= 4 is 27.7 Å². The molecule has 0 aliphatic heterocycles. The van der Waals surface area contributed by atoms with Crippen LogP contribution in [0.1, 0.15) is 21.7 Å². The molecule has 0 spiro atoms. The first kappa shape index (κ1) is 12.6. The maximum atomic E-state index is 12.1. The average Bonchev–Trinajstić information content (AvgIpc) is 2.32. The number of aromatic nitrogens is 3. The first-order valence-electron chi connectivity index (χ1n) is 5.30. The number of aryl methyl sites for hydroxylation is 2. The standard InChI is InChI=1S/C12H11BrN4O/c1-7-5-10(8(2)17-16-7)12(18)15-11-6-9(13)3-4-14-11/h3-6H,1-2H3,(H,14,15,18). The maximum absolute atomic E-state index is 12.1. The highest BCUT2D eigenvalue weighted by Crippen LogP contribution is 2.14. The Labute approximate surface area is 113 Å². The summed E-state index contributed by atoms with van der Waals surface area (Å²) in [6.45, 7) is 3.54. The van der Waals surface area contributed by atoms with Gasteiger partial charge in [0.15, 0.2) is 0 Å². The van der Waals surface area contributed by atoms with E-state index in [-0.39, 0.29) is 5.91 Å². The van der Waals surface area contributed by atoms with Gasteiger partial charge in [-0.2, -0.15) is 10.2 Å². The molecule has 0 aliphatic rings. The topological polar surface area (TPSA) is 67.8 Å². The molecule has 92 valence electrons. The lowest BCUT2D eigenvalue weighted by Gasteiger charge is -2.06. The Morgan fingerprint density at radius 2 is 2.06 bits per heavy atom.